The van der Waals surface area contributed by atoms with Gasteiger partial charge in [-0.1, -0.05) is 18.2 Å². The van der Waals surface area contributed by atoms with E-state index in [2.05, 4.69) is 10.3 Å². The molecule has 186 valence electrons. The van der Waals surface area contributed by atoms with E-state index in [1.807, 2.05) is 36.4 Å². The number of ether oxygens (including phenoxy) is 4. The van der Waals surface area contributed by atoms with Gasteiger partial charge in [0.1, 0.15) is 0 Å². The van der Waals surface area contributed by atoms with E-state index in [4.69, 9.17) is 18.9 Å². The van der Waals surface area contributed by atoms with E-state index in [0.29, 0.717) is 41.7 Å². The number of carbonyl (C=O) groups excluding carboxylic acids is 2. The molecule has 9 nitrogen and oxygen atoms in total. The Hall–Kier alpha value is -4.27. The van der Waals surface area contributed by atoms with E-state index in [1.165, 1.54) is 0 Å². The van der Waals surface area contributed by atoms with Crippen LogP contribution in [0, 0.1) is 5.92 Å². The van der Waals surface area contributed by atoms with Crippen LogP contribution in [0.15, 0.2) is 60.8 Å². The predicted molar refractivity (Wildman–Crippen MR) is 130 cm³/mol. The Bertz CT molecular complexity index is 1270. The number of nitrogens with zero attached hydrogens (tertiary/aromatic N) is 2. The summed E-state index contributed by atoms with van der Waals surface area (Å²) in [6.45, 7) is 1.03. The van der Waals surface area contributed by atoms with Crippen molar-refractivity contribution in [3.63, 3.8) is 0 Å². The van der Waals surface area contributed by atoms with E-state index < -0.39 is 5.92 Å². The van der Waals surface area contributed by atoms with Gasteiger partial charge in [-0.05, 0) is 36.4 Å². The highest BCUT2D eigenvalue weighted by molar-refractivity contribution is 5.96. The number of fused-ring (bicyclic) bond motifs is 1. The molecule has 1 aromatic heterocycles. The Balaban J connectivity index is 1.43. The molecule has 3 heterocycles. The minimum absolute atomic E-state index is 0.132. The number of hydrogen-bond acceptors (Lipinski definition) is 7. The van der Waals surface area contributed by atoms with Crippen molar-refractivity contribution >= 4 is 11.8 Å². The van der Waals surface area contributed by atoms with Crippen LogP contribution in [0.4, 0.5) is 0 Å². The third kappa shape index (κ3) is 4.51. The summed E-state index contributed by atoms with van der Waals surface area (Å²) >= 11 is 0. The van der Waals surface area contributed by atoms with Gasteiger partial charge in [0.05, 0.1) is 32.4 Å². The Morgan fingerprint density at radius 1 is 1.03 bits per heavy atom. The number of hydrogen-bond donors (Lipinski definition) is 1. The zero-order valence-corrected chi connectivity index (χ0v) is 20.1. The van der Waals surface area contributed by atoms with Gasteiger partial charge in [0.2, 0.25) is 12.7 Å². The summed E-state index contributed by atoms with van der Waals surface area (Å²) in [6, 6.07) is 16.3. The summed E-state index contributed by atoms with van der Waals surface area (Å²) < 4.78 is 22.0. The number of likely N-dealkylation sites (tertiary alicyclic amines) is 1. The van der Waals surface area contributed by atoms with Crippen molar-refractivity contribution < 1.29 is 28.5 Å². The van der Waals surface area contributed by atoms with Gasteiger partial charge in [0, 0.05) is 36.3 Å². The quantitative estimate of drug-likeness (QED) is 0.545. The first-order chi connectivity index (χ1) is 17.6. The van der Waals surface area contributed by atoms with Crippen LogP contribution in [0.2, 0.25) is 0 Å². The highest BCUT2D eigenvalue weighted by Gasteiger charge is 2.42. The number of amides is 2. The van der Waals surface area contributed by atoms with Crippen molar-refractivity contribution in [2.24, 2.45) is 5.92 Å². The van der Waals surface area contributed by atoms with Crippen LogP contribution in [0.3, 0.4) is 0 Å². The first-order valence-corrected chi connectivity index (χ1v) is 11.7. The lowest BCUT2D eigenvalue weighted by Gasteiger charge is -2.21. The SMILES string of the molecule is COc1cccc(C2CN(C(=O)c3ccc4c(c3)OCO4)CC2C(=O)NCc2ccccn2)c1OC. The van der Waals surface area contributed by atoms with E-state index >= 15 is 0 Å². The maximum absolute atomic E-state index is 13.5. The smallest absolute Gasteiger partial charge is 0.254 e. The van der Waals surface area contributed by atoms with Gasteiger partial charge in [-0.15, -0.1) is 0 Å². The molecule has 36 heavy (non-hydrogen) atoms. The molecule has 0 saturated carbocycles. The monoisotopic (exact) mass is 489 g/mol. The van der Waals surface area contributed by atoms with Crippen LogP contribution in [0.25, 0.3) is 0 Å². The summed E-state index contributed by atoms with van der Waals surface area (Å²) in [6.07, 6.45) is 1.69. The standard InChI is InChI=1S/C27H27N3O6/c1-33-23-8-5-7-19(25(23)34-2)20-14-30(27(32)17-9-10-22-24(12-17)36-16-35-22)15-21(20)26(31)29-13-18-6-3-4-11-28-18/h3-12,20-21H,13-16H2,1-2H3,(H,29,31). The highest BCUT2D eigenvalue weighted by Crippen LogP contribution is 2.42. The van der Waals surface area contributed by atoms with Gasteiger partial charge in [-0.25, -0.2) is 0 Å². The molecule has 2 aromatic carbocycles. The first kappa shape index (κ1) is 23.5. The van der Waals surface area contributed by atoms with Crippen LogP contribution in [0.1, 0.15) is 27.5 Å². The molecule has 2 aliphatic heterocycles. The average Bonchev–Trinajstić information content (AvgIpc) is 3.58. The molecule has 2 unspecified atom stereocenters. The van der Waals surface area contributed by atoms with Crippen LogP contribution in [0.5, 0.6) is 23.0 Å². The van der Waals surface area contributed by atoms with Crippen molar-refractivity contribution in [1.29, 1.82) is 0 Å². The summed E-state index contributed by atoms with van der Waals surface area (Å²) in [4.78, 5) is 32.9. The molecular formula is C27H27N3O6. The molecule has 0 radical (unpaired) electrons. The molecule has 1 saturated heterocycles. The first-order valence-electron chi connectivity index (χ1n) is 11.7. The number of nitrogens with one attached hydrogen (secondary N) is 1. The van der Waals surface area contributed by atoms with E-state index in [-0.39, 0.29) is 31.1 Å². The van der Waals surface area contributed by atoms with Gasteiger partial charge in [0.15, 0.2) is 23.0 Å². The molecule has 1 N–H and O–H groups in total. The van der Waals surface area contributed by atoms with E-state index in [9.17, 15) is 9.59 Å². The van der Waals surface area contributed by atoms with Gasteiger partial charge in [-0.2, -0.15) is 0 Å². The third-order valence-electron chi connectivity index (χ3n) is 6.57. The third-order valence-corrected chi connectivity index (χ3v) is 6.57. The lowest BCUT2D eigenvalue weighted by atomic mass is 9.87. The molecule has 3 aromatic rings. The Morgan fingerprint density at radius 2 is 1.89 bits per heavy atom. The summed E-state index contributed by atoms with van der Waals surface area (Å²) in [5, 5.41) is 2.99. The summed E-state index contributed by atoms with van der Waals surface area (Å²) in [5.41, 5.74) is 2.05. The van der Waals surface area contributed by atoms with E-state index in [0.717, 1.165) is 11.3 Å². The number of rotatable bonds is 7. The molecular weight excluding hydrogens is 462 g/mol. The van der Waals surface area contributed by atoms with Crippen LogP contribution < -0.4 is 24.3 Å². The predicted octanol–water partition coefficient (Wildman–Crippen LogP) is 3.00. The molecule has 2 aliphatic rings. The van der Waals surface area contributed by atoms with Crippen LogP contribution in [-0.2, 0) is 11.3 Å². The summed E-state index contributed by atoms with van der Waals surface area (Å²) in [5.74, 6) is 1.16. The molecule has 0 spiro atoms. The van der Waals surface area contributed by atoms with Gasteiger partial charge >= 0.3 is 0 Å². The molecule has 2 amide bonds. The second-order valence-corrected chi connectivity index (χ2v) is 8.61. The number of benzene rings is 2. The Kier molecular flexibility index (Phi) is 6.62. The second-order valence-electron chi connectivity index (χ2n) is 8.61. The fourth-order valence-electron chi connectivity index (χ4n) is 4.78. The van der Waals surface area contributed by atoms with Gasteiger partial charge in [0.25, 0.3) is 5.91 Å². The van der Waals surface area contributed by atoms with E-state index in [1.54, 1.807) is 43.5 Å². The Morgan fingerprint density at radius 3 is 2.67 bits per heavy atom. The lowest BCUT2D eigenvalue weighted by molar-refractivity contribution is -0.125. The highest BCUT2D eigenvalue weighted by atomic mass is 16.7. The molecule has 0 bridgehead atoms. The second kappa shape index (κ2) is 10.2. The molecule has 2 atom stereocenters. The zero-order valence-electron chi connectivity index (χ0n) is 20.1. The molecule has 9 heteroatoms. The lowest BCUT2D eigenvalue weighted by Crippen LogP contribution is -2.35. The normalized spacial score (nSPS) is 18.1. The number of methoxy groups -OCH3 is 2. The van der Waals surface area contributed by atoms with Crippen molar-refractivity contribution in [3.05, 3.63) is 77.6 Å². The topological polar surface area (TPSA) is 99.2 Å². The molecule has 1 fully saturated rings. The molecule has 5 rings (SSSR count). The minimum Gasteiger partial charge on any atom is -0.493 e. The molecule has 0 aliphatic carbocycles. The van der Waals surface area contributed by atoms with Crippen molar-refractivity contribution in [2.45, 2.75) is 12.5 Å². The number of carbonyl (C=O) groups is 2. The van der Waals surface area contributed by atoms with Crippen LogP contribution >= 0.6 is 0 Å². The largest absolute Gasteiger partial charge is 0.493 e. The number of para-hydroxylation sites is 1. The van der Waals surface area contributed by atoms with Gasteiger partial charge < -0.3 is 29.2 Å². The van der Waals surface area contributed by atoms with Gasteiger partial charge in [-0.3, -0.25) is 14.6 Å². The van der Waals surface area contributed by atoms with Crippen molar-refractivity contribution in [1.82, 2.24) is 15.2 Å². The fourth-order valence-corrected chi connectivity index (χ4v) is 4.78. The minimum atomic E-state index is -0.493. The number of pyridine rings is 1. The van der Waals surface area contributed by atoms with Crippen molar-refractivity contribution in [3.8, 4) is 23.0 Å². The fraction of sp³-hybridized carbons (Fsp3) is 0.296. The maximum atomic E-state index is 13.5. The maximum Gasteiger partial charge on any atom is 0.254 e. The van der Waals surface area contributed by atoms with Crippen LogP contribution in [-0.4, -0.2) is 55.8 Å². The summed E-state index contributed by atoms with van der Waals surface area (Å²) in [7, 11) is 3.14. The Labute approximate surface area is 208 Å². The van der Waals surface area contributed by atoms with Crippen molar-refractivity contribution in [2.75, 3.05) is 34.1 Å². The number of aromatic nitrogens is 1. The zero-order chi connectivity index (χ0) is 25.1. The average molecular weight is 490 g/mol.